The van der Waals surface area contributed by atoms with Gasteiger partial charge in [-0.1, -0.05) is 54.6 Å². The van der Waals surface area contributed by atoms with E-state index >= 15 is 0 Å². The van der Waals surface area contributed by atoms with Gasteiger partial charge in [-0.15, -0.1) is 0 Å². The summed E-state index contributed by atoms with van der Waals surface area (Å²) in [6.07, 6.45) is 0. The maximum atomic E-state index is 12.0. The Morgan fingerprint density at radius 2 is 1.60 bits per heavy atom. The summed E-state index contributed by atoms with van der Waals surface area (Å²) in [6, 6.07) is 24.7. The first-order chi connectivity index (χ1) is 14.6. The number of carbonyl (C=O) groups is 1. The zero-order valence-corrected chi connectivity index (χ0v) is 16.1. The number of benzene rings is 3. The van der Waals surface area contributed by atoms with Crippen molar-refractivity contribution in [3.63, 3.8) is 0 Å². The second kappa shape index (κ2) is 8.40. The van der Waals surface area contributed by atoms with Crippen LogP contribution in [0.15, 0.2) is 78.9 Å². The van der Waals surface area contributed by atoms with Crippen molar-refractivity contribution in [2.75, 3.05) is 10.6 Å². The Bertz CT molecular complexity index is 1140. The molecule has 0 bridgehead atoms. The van der Waals surface area contributed by atoms with Gasteiger partial charge < -0.3 is 21.5 Å². The van der Waals surface area contributed by atoms with Crippen molar-refractivity contribution in [3.8, 4) is 16.9 Å². The number of nitrogens with one attached hydrogen (secondary N) is 3. The van der Waals surface area contributed by atoms with Gasteiger partial charge in [0.15, 0.2) is 5.82 Å². The Balaban J connectivity index is 1.50. The topological polar surface area (TPSA) is 116 Å². The van der Waals surface area contributed by atoms with E-state index in [1.54, 1.807) is 24.3 Å². The molecule has 0 fully saturated rings. The van der Waals surface area contributed by atoms with Crippen LogP contribution in [0.1, 0.15) is 15.9 Å². The molecule has 4 rings (SSSR count). The number of rotatable bonds is 7. The van der Waals surface area contributed by atoms with Crippen LogP contribution in [-0.2, 0) is 6.54 Å². The molecule has 30 heavy (non-hydrogen) atoms. The second-order valence-electron chi connectivity index (χ2n) is 6.77. The van der Waals surface area contributed by atoms with Crippen LogP contribution in [0.25, 0.3) is 11.1 Å². The van der Waals surface area contributed by atoms with Crippen LogP contribution >= 0.6 is 0 Å². The summed E-state index contributed by atoms with van der Waals surface area (Å²) in [4.78, 5) is 12.0. The Morgan fingerprint density at radius 3 is 2.27 bits per heavy atom. The standard InChI is InChI=1S/C23H21N5O2/c24-21(30)20-22(25-14-15-6-12-19(29)13-7-15)27-28-23(20)26-18-10-8-17(9-11-18)16-4-2-1-3-5-16/h1-13,29H,14H2,(H2,24,30)(H3,25,26,27,28). The van der Waals surface area contributed by atoms with Crippen molar-refractivity contribution < 1.29 is 9.90 Å². The minimum absolute atomic E-state index is 0.197. The summed E-state index contributed by atoms with van der Waals surface area (Å²) in [6.45, 7) is 0.438. The number of carbonyl (C=O) groups excluding carboxylic acids is 1. The minimum atomic E-state index is -0.597. The number of amides is 1. The monoisotopic (exact) mass is 399 g/mol. The van der Waals surface area contributed by atoms with Gasteiger partial charge in [0.05, 0.1) is 0 Å². The van der Waals surface area contributed by atoms with Gasteiger partial charge >= 0.3 is 0 Å². The van der Waals surface area contributed by atoms with E-state index in [2.05, 4.69) is 20.8 Å². The fraction of sp³-hybridized carbons (Fsp3) is 0.0435. The zero-order valence-electron chi connectivity index (χ0n) is 16.1. The van der Waals surface area contributed by atoms with Gasteiger partial charge in [0.1, 0.15) is 17.1 Å². The molecule has 1 amide bonds. The summed E-state index contributed by atoms with van der Waals surface area (Å²) in [7, 11) is 0. The predicted molar refractivity (Wildman–Crippen MR) is 118 cm³/mol. The number of primary amides is 1. The van der Waals surface area contributed by atoms with Gasteiger partial charge in [-0.05, 0) is 41.0 Å². The lowest BCUT2D eigenvalue weighted by molar-refractivity contribution is 0.100. The van der Waals surface area contributed by atoms with E-state index in [0.29, 0.717) is 18.2 Å². The molecule has 150 valence electrons. The maximum Gasteiger partial charge on any atom is 0.256 e. The van der Waals surface area contributed by atoms with Crippen LogP contribution < -0.4 is 16.4 Å². The van der Waals surface area contributed by atoms with Gasteiger partial charge in [-0.25, -0.2) is 0 Å². The quantitative estimate of drug-likeness (QED) is 0.319. The molecule has 1 aromatic heterocycles. The molecule has 0 aliphatic rings. The number of phenols is 1. The average Bonchev–Trinajstić information content (AvgIpc) is 3.17. The third-order valence-corrected chi connectivity index (χ3v) is 4.67. The molecule has 0 unspecified atom stereocenters. The molecule has 0 saturated heterocycles. The van der Waals surface area contributed by atoms with E-state index in [0.717, 1.165) is 22.4 Å². The highest BCUT2D eigenvalue weighted by Gasteiger charge is 2.18. The van der Waals surface area contributed by atoms with Crippen molar-refractivity contribution in [2.45, 2.75) is 6.54 Å². The summed E-state index contributed by atoms with van der Waals surface area (Å²) >= 11 is 0. The fourth-order valence-corrected chi connectivity index (χ4v) is 3.12. The van der Waals surface area contributed by atoms with Crippen molar-refractivity contribution in [2.24, 2.45) is 5.73 Å². The second-order valence-corrected chi connectivity index (χ2v) is 6.77. The lowest BCUT2D eigenvalue weighted by atomic mass is 10.1. The third kappa shape index (κ3) is 4.25. The Kier molecular flexibility index (Phi) is 5.34. The number of nitrogens with two attached hydrogens (primary N) is 1. The van der Waals surface area contributed by atoms with E-state index in [4.69, 9.17) is 5.73 Å². The highest BCUT2D eigenvalue weighted by Crippen LogP contribution is 2.27. The number of aromatic amines is 1. The number of anilines is 3. The van der Waals surface area contributed by atoms with Gasteiger partial charge in [0, 0.05) is 12.2 Å². The highest BCUT2D eigenvalue weighted by atomic mass is 16.3. The largest absolute Gasteiger partial charge is 0.508 e. The molecule has 6 N–H and O–H groups in total. The summed E-state index contributed by atoms with van der Waals surface area (Å²) in [5, 5.41) is 22.7. The molecule has 0 aliphatic heterocycles. The molecular formula is C23H21N5O2. The zero-order chi connectivity index (χ0) is 20.9. The Morgan fingerprint density at radius 1 is 0.933 bits per heavy atom. The van der Waals surface area contributed by atoms with Crippen LogP contribution in [0.3, 0.4) is 0 Å². The number of nitrogens with zero attached hydrogens (tertiary/aromatic N) is 1. The minimum Gasteiger partial charge on any atom is -0.508 e. The first-order valence-electron chi connectivity index (χ1n) is 9.42. The van der Waals surface area contributed by atoms with E-state index in [1.165, 1.54) is 0 Å². The van der Waals surface area contributed by atoms with E-state index in [9.17, 15) is 9.90 Å². The van der Waals surface area contributed by atoms with Gasteiger partial charge in [0.25, 0.3) is 5.91 Å². The lowest BCUT2D eigenvalue weighted by Crippen LogP contribution is -2.15. The van der Waals surface area contributed by atoms with Crippen molar-refractivity contribution in [1.82, 2.24) is 10.2 Å². The molecule has 0 aliphatic carbocycles. The van der Waals surface area contributed by atoms with Crippen molar-refractivity contribution in [3.05, 3.63) is 90.0 Å². The molecule has 0 radical (unpaired) electrons. The first kappa shape index (κ1) is 19.1. The van der Waals surface area contributed by atoms with Crippen LogP contribution in [0.4, 0.5) is 17.3 Å². The average molecular weight is 399 g/mol. The van der Waals surface area contributed by atoms with Crippen LogP contribution in [0, 0.1) is 0 Å². The summed E-state index contributed by atoms with van der Waals surface area (Å²) in [5.41, 5.74) is 9.78. The van der Waals surface area contributed by atoms with E-state index < -0.39 is 5.91 Å². The number of H-pyrrole nitrogens is 1. The van der Waals surface area contributed by atoms with Gasteiger partial charge in [-0.2, -0.15) is 5.10 Å². The van der Waals surface area contributed by atoms with Crippen LogP contribution in [-0.4, -0.2) is 21.2 Å². The Labute approximate surface area is 173 Å². The number of hydrogen-bond acceptors (Lipinski definition) is 5. The van der Waals surface area contributed by atoms with E-state index in [1.807, 2.05) is 54.6 Å². The Hall–Kier alpha value is -4.26. The molecule has 3 aromatic carbocycles. The smallest absolute Gasteiger partial charge is 0.256 e. The molecule has 1 heterocycles. The lowest BCUT2D eigenvalue weighted by Gasteiger charge is -2.08. The number of aromatic nitrogens is 2. The van der Waals surface area contributed by atoms with Gasteiger partial charge in [0.2, 0.25) is 0 Å². The first-order valence-corrected chi connectivity index (χ1v) is 9.42. The third-order valence-electron chi connectivity index (χ3n) is 4.67. The summed E-state index contributed by atoms with van der Waals surface area (Å²) in [5.74, 6) is 0.380. The molecule has 7 nitrogen and oxygen atoms in total. The molecule has 0 spiro atoms. The van der Waals surface area contributed by atoms with Crippen molar-refractivity contribution in [1.29, 1.82) is 0 Å². The van der Waals surface area contributed by atoms with Crippen molar-refractivity contribution >= 4 is 23.2 Å². The maximum absolute atomic E-state index is 12.0. The molecule has 4 aromatic rings. The number of phenolic OH excluding ortho intramolecular Hbond substituents is 1. The SMILES string of the molecule is NC(=O)c1c(Nc2ccc(-c3ccccc3)cc2)n[nH]c1NCc1ccc(O)cc1. The van der Waals surface area contributed by atoms with Crippen LogP contribution in [0.2, 0.25) is 0 Å². The molecule has 0 atom stereocenters. The summed E-state index contributed by atoms with van der Waals surface area (Å²) < 4.78 is 0. The molecule has 7 heteroatoms. The fourth-order valence-electron chi connectivity index (χ4n) is 3.12. The van der Waals surface area contributed by atoms with Gasteiger partial charge in [-0.3, -0.25) is 9.89 Å². The molecular weight excluding hydrogens is 378 g/mol. The normalized spacial score (nSPS) is 10.5. The van der Waals surface area contributed by atoms with E-state index in [-0.39, 0.29) is 11.3 Å². The highest BCUT2D eigenvalue weighted by molar-refractivity contribution is 6.03. The molecule has 0 saturated carbocycles. The van der Waals surface area contributed by atoms with Crippen LogP contribution in [0.5, 0.6) is 5.75 Å². The number of hydrogen-bond donors (Lipinski definition) is 5. The predicted octanol–water partition coefficient (Wildman–Crippen LogP) is 4.24. The number of aromatic hydroxyl groups is 1.